The molecule has 3 rings (SSSR count). The fourth-order valence-corrected chi connectivity index (χ4v) is 3.11. The first-order chi connectivity index (χ1) is 11.4. The maximum atomic E-state index is 12.4. The normalized spacial score (nSPS) is 19.8. The zero-order valence-corrected chi connectivity index (χ0v) is 14.9. The lowest BCUT2D eigenvalue weighted by atomic mass is 9.95. The Kier molecular flexibility index (Phi) is 4.28. The van der Waals surface area contributed by atoms with Crippen molar-refractivity contribution in [3.05, 3.63) is 75.3 Å². The first-order valence-electron chi connectivity index (χ1n) is 7.47. The number of nitrogens with zero attached hydrogens (tertiary/aromatic N) is 1. The third-order valence-corrected chi connectivity index (χ3v) is 4.71. The quantitative estimate of drug-likeness (QED) is 0.485. The summed E-state index contributed by atoms with van der Waals surface area (Å²) in [6.07, 6.45) is 0. The summed E-state index contributed by atoms with van der Waals surface area (Å²) in [6.45, 7) is 1.94. The van der Waals surface area contributed by atoms with Crippen molar-refractivity contribution in [3.8, 4) is 0 Å². The smallest absolute Gasteiger partial charge is 0.295 e. The molecule has 1 aliphatic heterocycles. The number of rotatable bonds is 2. The average molecular weight is 386 g/mol. The number of carbonyl (C=O) groups excluding carboxylic acids is 2. The van der Waals surface area contributed by atoms with E-state index in [2.05, 4.69) is 15.9 Å². The molecule has 1 amide bonds. The topological polar surface area (TPSA) is 57.6 Å². The highest BCUT2D eigenvalue weighted by molar-refractivity contribution is 9.10. The maximum Gasteiger partial charge on any atom is 0.295 e. The third kappa shape index (κ3) is 2.76. The van der Waals surface area contributed by atoms with E-state index in [1.54, 1.807) is 19.2 Å². The Bertz CT molecular complexity index is 838. The van der Waals surface area contributed by atoms with Crippen molar-refractivity contribution in [3.63, 3.8) is 0 Å². The molecule has 0 aromatic heterocycles. The molecule has 1 N–H and O–H groups in total. The van der Waals surface area contributed by atoms with Gasteiger partial charge in [-0.2, -0.15) is 0 Å². The molecule has 1 fully saturated rings. The number of carbonyl (C=O) groups is 2. The van der Waals surface area contributed by atoms with E-state index in [-0.39, 0.29) is 11.3 Å². The maximum absolute atomic E-state index is 12.4. The number of ketones is 1. The predicted octanol–water partition coefficient (Wildman–Crippen LogP) is 3.81. The largest absolute Gasteiger partial charge is 0.507 e. The molecule has 0 spiro atoms. The fraction of sp³-hybridized carbons (Fsp3) is 0.158. The molecular weight excluding hydrogens is 370 g/mol. The Hall–Kier alpha value is -2.40. The van der Waals surface area contributed by atoms with Crippen molar-refractivity contribution < 1.29 is 14.7 Å². The van der Waals surface area contributed by atoms with Crippen LogP contribution in [0, 0.1) is 6.92 Å². The second-order valence-corrected chi connectivity index (χ2v) is 6.74. The molecule has 1 aliphatic rings. The highest BCUT2D eigenvalue weighted by Crippen LogP contribution is 2.38. The summed E-state index contributed by atoms with van der Waals surface area (Å²) in [5.41, 5.74) is 2.46. The molecule has 0 bridgehead atoms. The number of amides is 1. The first-order valence-corrected chi connectivity index (χ1v) is 8.26. The Morgan fingerprint density at radius 2 is 1.62 bits per heavy atom. The number of benzene rings is 2. The molecule has 1 saturated heterocycles. The van der Waals surface area contributed by atoms with Crippen LogP contribution in [0.15, 0.2) is 58.6 Å². The van der Waals surface area contributed by atoms with E-state index in [0.717, 1.165) is 15.6 Å². The highest BCUT2D eigenvalue weighted by atomic mass is 79.9. The number of aliphatic hydroxyl groups is 1. The highest BCUT2D eigenvalue weighted by Gasteiger charge is 2.44. The molecule has 1 atom stereocenters. The molecule has 1 heterocycles. The first kappa shape index (κ1) is 16.5. The van der Waals surface area contributed by atoms with Crippen LogP contribution in [0.2, 0.25) is 0 Å². The molecule has 1 unspecified atom stereocenters. The number of Topliss-reactive ketones (excluding diaryl/α,β-unsaturated/α-hetero) is 1. The summed E-state index contributed by atoms with van der Waals surface area (Å²) in [6, 6.07) is 13.9. The van der Waals surface area contributed by atoms with Crippen molar-refractivity contribution in [2.45, 2.75) is 13.0 Å². The molecular formula is C19H16BrNO3. The van der Waals surface area contributed by atoms with E-state index in [0.29, 0.717) is 5.56 Å². The van der Waals surface area contributed by atoms with Crippen LogP contribution in [0.25, 0.3) is 5.76 Å². The minimum Gasteiger partial charge on any atom is -0.507 e. The van der Waals surface area contributed by atoms with Gasteiger partial charge in [0.15, 0.2) is 0 Å². The number of likely N-dealkylation sites (N-methyl/N-ethyl adjacent to an activating group) is 1. The second-order valence-electron chi connectivity index (χ2n) is 5.83. The van der Waals surface area contributed by atoms with E-state index < -0.39 is 17.7 Å². The Morgan fingerprint density at radius 1 is 1.04 bits per heavy atom. The van der Waals surface area contributed by atoms with E-state index in [1.165, 1.54) is 4.90 Å². The van der Waals surface area contributed by atoms with Crippen molar-refractivity contribution >= 4 is 33.4 Å². The van der Waals surface area contributed by atoms with Crippen molar-refractivity contribution in [1.82, 2.24) is 4.90 Å². The van der Waals surface area contributed by atoms with E-state index in [1.807, 2.05) is 43.3 Å². The van der Waals surface area contributed by atoms with E-state index >= 15 is 0 Å². The summed E-state index contributed by atoms with van der Waals surface area (Å²) in [5.74, 6) is -1.43. The SMILES string of the molecule is Cc1ccc(C(O)=C2C(=O)C(=O)N(C)C2c2ccc(Br)cc2)cc1. The summed E-state index contributed by atoms with van der Waals surface area (Å²) in [7, 11) is 1.57. The lowest BCUT2D eigenvalue weighted by Gasteiger charge is -2.21. The zero-order chi connectivity index (χ0) is 17.4. The molecule has 24 heavy (non-hydrogen) atoms. The van der Waals surface area contributed by atoms with Crippen LogP contribution in [0.1, 0.15) is 22.7 Å². The van der Waals surface area contributed by atoms with Crippen LogP contribution >= 0.6 is 15.9 Å². The third-order valence-electron chi connectivity index (χ3n) is 4.19. The van der Waals surface area contributed by atoms with Crippen molar-refractivity contribution in [2.75, 3.05) is 7.05 Å². The van der Waals surface area contributed by atoms with Crippen molar-refractivity contribution in [2.24, 2.45) is 0 Å². The lowest BCUT2D eigenvalue weighted by molar-refractivity contribution is -0.139. The van der Waals surface area contributed by atoms with Gasteiger partial charge in [0.2, 0.25) is 0 Å². The molecule has 5 heteroatoms. The summed E-state index contributed by atoms with van der Waals surface area (Å²) < 4.78 is 0.901. The molecule has 0 saturated carbocycles. The van der Waals surface area contributed by atoms with Crippen LogP contribution in [0.3, 0.4) is 0 Å². The van der Waals surface area contributed by atoms with Crippen LogP contribution in [0.5, 0.6) is 0 Å². The van der Waals surface area contributed by atoms with Crippen LogP contribution in [-0.2, 0) is 9.59 Å². The Labute approximate surface area is 148 Å². The summed E-state index contributed by atoms with van der Waals surface area (Å²) in [4.78, 5) is 26.0. The van der Waals surface area contributed by atoms with Gasteiger partial charge in [-0.3, -0.25) is 9.59 Å². The second kappa shape index (κ2) is 6.24. The predicted molar refractivity (Wildman–Crippen MR) is 95.4 cm³/mol. The summed E-state index contributed by atoms with van der Waals surface area (Å²) >= 11 is 3.37. The van der Waals surface area contributed by atoms with Gasteiger partial charge in [-0.25, -0.2) is 0 Å². The molecule has 0 radical (unpaired) electrons. The van der Waals surface area contributed by atoms with Gasteiger partial charge >= 0.3 is 0 Å². The van der Waals surface area contributed by atoms with Crippen LogP contribution < -0.4 is 0 Å². The zero-order valence-electron chi connectivity index (χ0n) is 13.3. The minimum atomic E-state index is -0.663. The van der Waals surface area contributed by atoms with E-state index in [4.69, 9.17) is 0 Å². The fourth-order valence-electron chi connectivity index (χ4n) is 2.85. The number of aryl methyl sites for hydroxylation is 1. The molecule has 2 aromatic rings. The number of halogens is 1. The number of likely N-dealkylation sites (tertiary alicyclic amines) is 1. The van der Waals surface area contributed by atoms with Gasteiger partial charge in [-0.05, 0) is 24.6 Å². The van der Waals surface area contributed by atoms with Gasteiger partial charge in [-0.15, -0.1) is 0 Å². The summed E-state index contributed by atoms with van der Waals surface area (Å²) in [5, 5.41) is 10.7. The molecule has 0 aliphatic carbocycles. The van der Waals surface area contributed by atoms with Gasteiger partial charge in [0.1, 0.15) is 5.76 Å². The lowest BCUT2D eigenvalue weighted by Crippen LogP contribution is -2.24. The number of hydrogen-bond donors (Lipinski definition) is 1. The molecule has 2 aromatic carbocycles. The van der Waals surface area contributed by atoms with Crippen molar-refractivity contribution in [1.29, 1.82) is 0 Å². The van der Waals surface area contributed by atoms with Crippen LogP contribution in [0.4, 0.5) is 0 Å². The Balaban J connectivity index is 2.16. The minimum absolute atomic E-state index is 0.119. The van der Waals surface area contributed by atoms with Gasteiger partial charge in [0.05, 0.1) is 11.6 Å². The van der Waals surface area contributed by atoms with E-state index in [9.17, 15) is 14.7 Å². The number of aliphatic hydroxyl groups excluding tert-OH is 1. The monoisotopic (exact) mass is 385 g/mol. The van der Waals surface area contributed by atoms with Gasteiger partial charge < -0.3 is 10.0 Å². The van der Waals surface area contributed by atoms with Gasteiger partial charge in [0, 0.05) is 17.1 Å². The molecule has 4 nitrogen and oxygen atoms in total. The standard InChI is InChI=1S/C19H16BrNO3/c1-11-3-5-13(6-4-11)17(22)15-16(21(2)19(24)18(15)23)12-7-9-14(20)10-8-12/h3-10,16,22H,1-2H3. The molecule has 122 valence electrons. The van der Waals surface area contributed by atoms with Gasteiger partial charge in [-0.1, -0.05) is 57.9 Å². The van der Waals surface area contributed by atoms with Gasteiger partial charge in [0.25, 0.3) is 11.7 Å². The van der Waals surface area contributed by atoms with Crippen LogP contribution in [-0.4, -0.2) is 28.7 Å². The number of hydrogen-bond acceptors (Lipinski definition) is 3. The Morgan fingerprint density at radius 3 is 2.21 bits per heavy atom. The average Bonchev–Trinajstić information content (AvgIpc) is 2.80.